The molecule has 1 saturated heterocycles. The summed E-state index contributed by atoms with van der Waals surface area (Å²) in [6.07, 6.45) is 1.13. The Balaban J connectivity index is 2.12. The Bertz CT molecular complexity index is 422. The molecule has 12 heavy (non-hydrogen) atoms. The lowest BCUT2D eigenvalue weighted by atomic mass is 10.1. The molecule has 0 spiro atoms. The van der Waals surface area contributed by atoms with Gasteiger partial charge in [-0.1, -0.05) is 0 Å². The van der Waals surface area contributed by atoms with E-state index in [1.165, 1.54) is 21.8 Å². The smallest absolute Gasteiger partial charge is 0.0801 e. The van der Waals surface area contributed by atoms with Crippen LogP contribution in [0, 0.1) is 0 Å². The zero-order valence-electron chi connectivity index (χ0n) is 6.36. The maximum atomic E-state index is 3.21. The molecule has 0 radical (unpaired) electrons. The second-order valence-corrected chi connectivity index (χ2v) is 3.60. The van der Waals surface area contributed by atoms with Crippen molar-refractivity contribution in [1.82, 2.24) is 26.6 Å². The second-order valence-electron chi connectivity index (χ2n) is 3.60. The van der Waals surface area contributed by atoms with Crippen LogP contribution in [0.3, 0.4) is 0 Å². The summed E-state index contributed by atoms with van der Waals surface area (Å²) < 4.78 is 0. The Morgan fingerprint density at radius 2 is 1.50 bits per heavy atom. The molecule has 1 aromatic heterocycles. The standard InChI is InChI=1S/C7H9N5/c1-2-4-5(9-8-4)3(1)7-6(2)10-12-11-7/h6-12H,1H2. The van der Waals surface area contributed by atoms with Crippen molar-refractivity contribution in [2.45, 2.75) is 18.5 Å². The number of nitrogens with one attached hydrogen (secondary N) is 5. The van der Waals surface area contributed by atoms with Gasteiger partial charge in [-0.05, 0) is 17.6 Å². The number of H-pyrrole nitrogens is 2. The highest BCUT2D eigenvalue weighted by molar-refractivity contribution is 5.80. The van der Waals surface area contributed by atoms with Gasteiger partial charge in [-0.2, -0.15) is 5.53 Å². The summed E-state index contributed by atoms with van der Waals surface area (Å²) >= 11 is 0. The van der Waals surface area contributed by atoms with E-state index in [0.717, 1.165) is 6.42 Å². The lowest BCUT2D eigenvalue weighted by Crippen LogP contribution is -2.49. The maximum absolute atomic E-state index is 3.21. The van der Waals surface area contributed by atoms with Gasteiger partial charge >= 0.3 is 0 Å². The molecule has 5 heteroatoms. The SMILES string of the molecule is C1C2=c3[nH][nH]c3=C1C1NNNC21. The predicted molar refractivity (Wildman–Crippen MR) is 42.8 cm³/mol. The van der Waals surface area contributed by atoms with Gasteiger partial charge in [0.15, 0.2) is 0 Å². The van der Waals surface area contributed by atoms with Gasteiger partial charge in [-0.25, -0.2) is 10.9 Å². The van der Waals surface area contributed by atoms with Crippen molar-refractivity contribution in [1.29, 1.82) is 0 Å². The lowest BCUT2D eigenvalue weighted by molar-refractivity contribution is 0.568. The first-order chi connectivity index (χ1) is 5.95. The minimum Gasteiger partial charge on any atom is -0.299 e. The molecular weight excluding hydrogens is 154 g/mol. The van der Waals surface area contributed by atoms with Crippen LogP contribution in [0.15, 0.2) is 0 Å². The van der Waals surface area contributed by atoms with Crippen LogP contribution in [0.2, 0.25) is 0 Å². The summed E-state index contributed by atoms with van der Waals surface area (Å²) in [7, 11) is 0. The van der Waals surface area contributed by atoms with Gasteiger partial charge in [0, 0.05) is 0 Å². The fourth-order valence-corrected chi connectivity index (χ4v) is 2.52. The molecule has 1 saturated carbocycles. The Labute approximate surface area is 67.8 Å². The normalized spacial score (nSPS) is 36.3. The highest BCUT2D eigenvalue weighted by atomic mass is 15.7. The van der Waals surface area contributed by atoms with E-state index in [-0.39, 0.29) is 0 Å². The van der Waals surface area contributed by atoms with Crippen LogP contribution in [0.25, 0.3) is 11.1 Å². The monoisotopic (exact) mass is 163 g/mol. The van der Waals surface area contributed by atoms with Crippen molar-refractivity contribution in [3.05, 3.63) is 10.7 Å². The second kappa shape index (κ2) is 1.52. The van der Waals surface area contributed by atoms with Gasteiger partial charge in [-0.3, -0.25) is 10.2 Å². The molecule has 2 bridgehead atoms. The molecule has 0 aromatic carbocycles. The number of rotatable bonds is 0. The third kappa shape index (κ3) is 0.394. The van der Waals surface area contributed by atoms with Crippen LogP contribution in [0.5, 0.6) is 0 Å². The van der Waals surface area contributed by atoms with Gasteiger partial charge in [0.25, 0.3) is 0 Å². The summed E-state index contributed by atoms with van der Waals surface area (Å²) in [5.74, 6) is 0. The Kier molecular flexibility index (Phi) is 0.705. The molecule has 2 aliphatic carbocycles. The number of fused-ring (bicyclic) bond motifs is 6. The zero-order valence-corrected chi connectivity index (χ0v) is 6.36. The van der Waals surface area contributed by atoms with E-state index in [0.29, 0.717) is 12.1 Å². The molecule has 2 fully saturated rings. The Morgan fingerprint density at radius 3 is 2.00 bits per heavy atom. The molecular formula is C7H9N5. The molecule has 5 N–H and O–H groups in total. The van der Waals surface area contributed by atoms with Gasteiger partial charge in [0.1, 0.15) is 0 Å². The van der Waals surface area contributed by atoms with Crippen molar-refractivity contribution in [2.24, 2.45) is 0 Å². The summed E-state index contributed by atoms with van der Waals surface area (Å²) in [6, 6.07) is 0.932. The topological polar surface area (TPSA) is 67.7 Å². The third-order valence-corrected chi connectivity index (χ3v) is 3.13. The van der Waals surface area contributed by atoms with Crippen LogP contribution < -0.4 is 27.1 Å². The molecule has 1 aromatic rings. The molecule has 4 rings (SSSR count). The van der Waals surface area contributed by atoms with Crippen LogP contribution in [-0.4, -0.2) is 22.3 Å². The summed E-state index contributed by atoms with van der Waals surface area (Å²) in [5, 5.41) is 8.90. The maximum Gasteiger partial charge on any atom is 0.0801 e. The molecule has 3 aliphatic rings. The van der Waals surface area contributed by atoms with Crippen molar-refractivity contribution in [3.8, 4) is 0 Å². The minimum atomic E-state index is 0.466. The molecule has 62 valence electrons. The van der Waals surface area contributed by atoms with E-state index in [9.17, 15) is 0 Å². The van der Waals surface area contributed by atoms with E-state index >= 15 is 0 Å². The zero-order chi connectivity index (χ0) is 7.71. The van der Waals surface area contributed by atoms with Crippen LogP contribution in [-0.2, 0) is 0 Å². The predicted octanol–water partition coefficient (Wildman–Crippen LogP) is -2.59. The minimum absolute atomic E-state index is 0.466. The van der Waals surface area contributed by atoms with Gasteiger partial charge in [0.05, 0.1) is 22.8 Å². The molecule has 2 unspecified atom stereocenters. The molecule has 5 nitrogen and oxygen atoms in total. The van der Waals surface area contributed by atoms with Crippen LogP contribution >= 0.6 is 0 Å². The fourth-order valence-electron chi connectivity index (χ4n) is 2.52. The number of hydrogen-bond donors (Lipinski definition) is 5. The number of aromatic nitrogens is 2. The van der Waals surface area contributed by atoms with E-state index < -0.39 is 0 Å². The number of aromatic amines is 2. The summed E-state index contributed by atoms with van der Waals surface area (Å²) in [5.41, 5.74) is 12.4. The number of hydrazine groups is 2. The molecule has 0 amide bonds. The average molecular weight is 163 g/mol. The molecule has 2 heterocycles. The largest absolute Gasteiger partial charge is 0.299 e. The first-order valence-corrected chi connectivity index (χ1v) is 4.20. The molecule has 2 atom stereocenters. The lowest BCUT2D eigenvalue weighted by Gasteiger charge is -2.14. The van der Waals surface area contributed by atoms with Crippen LogP contribution in [0.4, 0.5) is 0 Å². The highest BCUT2D eigenvalue weighted by Gasteiger charge is 2.43. The van der Waals surface area contributed by atoms with Crippen molar-refractivity contribution in [3.63, 3.8) is 0 Å². The van der Waals surface area contributed by atoms with Gasteiger partial charge in [-0.15, -0.1) is 0 Å². The first-order valence-electron chi connectivity index (χ1n) is 4.20. The summed E-state index contributed by atoms with van der Waals surface area (Å²) in [6.45, 7) is 0. The van der Waals surface area contributed by atoms with Crippen molar-refractivity contribution < 1.29 is 0 Å². The van der Waals surface area contributed by atoms with E-state index in [4.69, 9.17) is 0 Å². The third-order valence-electron chi connectivity index (χ3n) is 3.13. The highest BCUT2D eigenvalue weighted by Crippen LogP contribution is 2.34. The molecule has 1 aliphatic heterocycles. The quantitative estimate of drug-likeness (QED) is 0.291. The summed E-state index contributed by atoms with van der Waals surface area (Å²) in [4.78, 5) is 0. The van der Waals surface area contributed by atoms with Gasteiger partial charge < -0.3 is 0 Å². The van der Waals surface area contributed by atoms with E-state index in [1.54, 1.807) is 0 Å². The fraction of sp³-hybridized carbons (Fsp3) is 0.429. The van der Waals surface area contributed by atoms with E-state index in [2.05, 4.69) is 26.6 Å². The van der Waals surface area contributed by atoms with Crippen molar-refractivity contribution in [2.75, 3.05) is 0 Å². The first kappa shape index (κ1) is 5.58. The number of hydrogen-bond acceptors (Lipinski definition) is 3. The Hall–Kier alpha value is -1.04. The van der Waals surface area contributed by atoms with Crippen LogP contribution in [0.1, 0.15) is 6.42 Å². The van der Waals surface area contributed by atoms with Crippen molar-refractivity contribution >= 4 is 11.1 Å². The Morgan fingerprint density at radius 1 is 0.917 bits per heavy atom. The average Bonchev–Trinajstić information content (AvgIpc) is 2.56. The van der Waals surface area contributed by atoms with Gasteiger partial charge in [0.2, 0.25) is 0 Å². The van der Waals surface area contributed by atoms with E-state index in [1.807, 2.05) is 0 Å².